The molecule has 2 aliphatic heterocycles. The maximum Gasteiger partial charge on any atom is 0.132 e. The van der Waals surface area contributed by atoms with E-state index in [1.165, 1.54) is 61.2 Å². The van der Waals surface area contributed by atoms with Gasteiger partial charge in [-0.1, -0.05) is 231 Å². The van der Waals surface area contributed by atoms with Crippen LogP contribution < -0.4 is 14.4 Å². The topological polar surface area (TPSA) is 21.7 Å². The number of fused-ring (bicyclic) bond motifs is 18. The summed E-state index contributed by atoms with van der Waals surface area (Å²) in [5.74, 6) is 3.57. The average molecular weight is 982 g/mol. The molecule has 16 rings (SSSR count). The molecule has 0 unspecified atom stereocenters. The van der Waals surface area contributed by atoms with Crippen LogP contribution in [0.15, 0.2) is 285 Å². The van der Waals surface area contributed by atoms with Gasteiger partial charge in [0.1, 0.15) is 23.0 Å². The van der Waals surface area contributed by atoms with Gasteiger partial charge in [0.15, 0.2) is 0 Å². The molecular weight excluding hydrogens is 935 g/mol. The van der Waals surface area contributed by atoms with E-state index in [1.807, 2.05) is 0 Å². The fraction of sp³-hybridized carbons (Fsp3) is 0.0270. The third-order valence-corrected chi connectivity index (χ3v) is 16.8. The molecular formula is C74H47NO2. The first kappa shape index (κ1) is 43.4. The van der Waals surface area contributed by atoms with Crippen LogP contribution in [0.4, 0.5) is 17.1 Å². The van der Waals surface area contributed by atoms with Crippen molar-refractivity contribution < 1.29 is 9.47 Å². The van der Waals surface area contributed by atoms with Gasteiger partial charge in [0.25, 0.3) is 0 Å². The number of anilines is 3. The Balaban J connectivity index is 0.874. The van der Waals surface area contributed by atoms with Crippen LogP contribution in [0.1, 0.15) is 44.5 Å². The molecule has 3 heteroatoms. The lowest BCUT2D eigenvalue weighted by Gasteiger charge is -2.39. The fourth-order valence-electron chi connectivity index (χ4n) is 13.8. The second kappa shape index (κ2) is 16.8. The molecule has 2 spiro atoms. The minimum atomic E-state index is -0.586. The summed E-state index contributed by atoms with van der Waals surface area (Å²) < 4.78 is 13.3. The summed E-state index contributed by atoms with van der Waals surface area (Å²) in [6, 6.07) is 104. The number of benzene rings is 12. The minimum Gasteiger partial charge on any atom is -0.457 e. The molecule has 12 aromatic rings. The summed E-state index contributed by atoms with van der Waals surface area (Å²) >= 11 is 0. The van der Waals surface area contributed by atoms with Crippen LogP contribution in [0.5, 0.6) is 23.0 Å². The normalized spacial score (nSPS) is 13.9. The summed E-state index contributed by atoms with van der Waals surface area (Å²) in [5, 5.41) is 0. The first-order chi connectivity index (χ1) is 38.2. The summed E-state index contributed by atoms with van der Waals surface area (Å²) in [4.78, 5) is 2.47. The van der Waals surface area contributed by atoms with E-state index in [9.17, 15) is 0 Å². The number of hydrogen-bond acceptors (Lipinski definition) is 3. The molecule has 0 radical (unpaired) electrons. The van der Waals surface area contributed by atoms with E-state index in [0.29, 0.717) is 0 Å². The second-order valence-electron chi connectivity index (χ2n) is 20.6. The first-order valence-electron chi connectivity index (χ1n) is 26.6. The Morgan fingerprint density at radius 2 is 0.636 bits per heavy atom. The van der Waals surface area contributed by atoms with E-state index in [-0.39, 0.29) is 0 Å². The standard InChI is InChI=1S/C74H47NO2/c1-2-21-49(22-3-1)52-23-6-14-35-66(52)75(51-44-41-48(42-45-51)50-43-46-60-57(47-50)53-24-4-8-28-58(53)73(60)61-30-10-16-37-68(61)76-69-38-17-11-31-62(69)73)67-36-15-7-25-54(67)55-27-20-34-65-72(55)56-26-5-9-29-59(56)74(65)63-32-12-18-39-70(63)77-71-40-19-13-33-64(71)74/h1-47H. The van der Waals surface area contributed by atoms with E-state index >= 15 is 0 Å². The van der Waals surface area contributed by atoms with Gasteiger partial charge in [0, 0.05) is 39.1 Å². The Bertz CT molecular complexity index is 4270. The Kier molecular flexibility index (Phi) is 9.47. The Hall–Kier alpha value is -9.96. The maximum absolute atomic E-state index is 6.71. The molecule has 0 amide bonds. The van der Waals surface area contributed by atoms with Crippen molar-refractivity contribution >= 4 is 17.1 Å². The van der Waals surface area contributed by atoms with Gasteiger partial charge < -0.3 is 14.4 Å². The summed E-state index contributed by atoms with van der Waals surface area (Å²) in [6.07, 6.45) is 0. The monoisotopic (exact) mass is 981 g/mol. The highest BCUT2D eigenvalue weighted by Crippen LogP contribution is 2.65. The summed E-state index contributed by atoms with van der Waals surface area (Å²) in [6.45, 7) is 0. The van der Waals surface area contributed by atoms with Crippen LogP contribution in [0, 0.1) is 0 Å². The van der Waals surface area contributed by atoms with Crippen molar-refractivity contribution in [1.82, 2.24) is 0 Å². The number of hydrogen-bond donors (Lipinski definition) is 0. The largest absolute Gasteiger partial charge is 0.457 e. The summed E-state index contributed by atoms with van der Waals surface area (Å²) in [7, 11) is 0. The molecule has 0 saturated heterocycles. The third-order valence-electron chi connectivity index (χ3n) is 16.8. The van der Waals surface area contributed by atoms with Crippen molar-refractivity contribution in [2.45, 2.75) is 10.8 Å². The van der Waals surface area contributed by atoms with Gasteiger partial charge in [0.2, 0.25) is 0 Å². The first-order valence-corrected chi connectivity index (χ1v) is 26.6. The van der Waals surface area contributed by atoms with Crippen LogP contribution >= 0.6 is 0 Å². The molecule has 4 aliphatic rings. The van der Waals surface area contributed by atoms with Gasteiger partial charge in [-0.3, -0.25) is 0 Å². The van der Waals surface area contributed by atoms with Crippen LogP contribution in [0.2, 0.25) is 0 Å². The van der Waals surface area contributed by atoms with Gasteiger partial charge >= 0.3 is 0 Å². The highest BCUT2D eigenvalue weighted by Gasteiger charge is 2.53. The second-order valence-corrected chi connectivity index (χ2v) is 20.6. The van der Waals surface area contributed by atoms with Crippen molar-refractivity contribution in [1.29, 1.82) is 0 Å². The van der Waals surface area contributed by atoms with Crippen molar-refractivity contribution in [3.8, 4) is 78.6 Å². The number of para-hydroxylation sites is 6. The predicted octanol–water partition coefficient (Wildman–Crippen LogP) is 19.1. The highest BCUT2D eigenvalue weighted by atomic mass is 16.5. The number of rotatable bonds is 6. The zero-order valence-electron chi connectivity index (χ0n) is 41.9. The molecule has 12 aromatic carbocycles. The van der Waals surface area contributed by atoms with E-state index in [2.05, 4.69) is 290 Å². The lowest BCUT2D eigenvalue weighted by Crippen LogP contribution is -2.32. The van der Waals surface area contributed by atoms with Gasteiger partial charge in [-0.25, -0.2) is 0 Å². The smallest absolute Gasteiger partial charge is 0.132 e. The van der Waals surface area contributed by atoms with Crippen molar-refractivity contribution in [3.63, 3.8) is 0 Å². The van der Waals surface area contributed by atoms with Gasteiger partial charge in [0.05, 0.1) is 22.2 Å². The van der Waals surface area contributed by atoms with Crippen LogP contribution in [-0.2, 0) is 10.8 Å². The molecule has 0 fully saturated rings. The Labute approximate surface area is 448 Å². The lowest BCUT2D eigenvalue weighted by molar-refractivity contribution is 0.436. The average Bonchev–Trinajstić information content (AvgIpc) is 3.99. The lowest BCUT2D eigenvalue weighted by atomic mass is 9.66. The highest BCUT2D eigenvalue weighted by molar-refractivity contribution is 6.02. The SMILES string of the molecule is c1ccc(-c2ccccc2N(c2ccc(-c3ccc4c(c3)-c3ccccc3C43c4ccccc4Oc4ccccc43)cc2)c2ccccc2-c2cccc3c2-c2ccccc2C32c3ccccc3Oc3ccccc32)cc1. The third kappa shape index (κ3) is 6.08. The minimum absolute atomic E-state index is 0.513. The molecule has 0 saturated carbocycles. The van der Waals surface area contributed by atoms with E-state index in [0.717, 1.165) is 79.0 Å². The molecule has 77 heavy (non-hydrogen) atoms. The van der Waals surface area contributed by atoms with Crippen LogP contribution in [-0.4, -0.2) is 0 Å². The van der Waals surface area contributed by atoms with Crippen LogP contribution in [0.25, 0.3) is 55.6 Å². The molecule has 0 N–H and O–H groups in total. The number of nitrogens with zero attached hydrogens (tertiary/aromatic N) is 1. The van der Waals surface area contributed by atoms with Gasteiger partial charge in [-0.05, 0) is 121 Å². The molecule has 2 heterocycles. The van der Waals surface area contributed by atoms with Crippen LogP contribution in [0.3, 0.4) is 0 Å². The fourth-order valence-corrected chi connectivity index (χ4v) is 13.8. The molecule has 3 nitrogen and oxygen atoms in total. The Morgan fingerprint density at radius 3 is 1.23 bits per heavy atom. The summed E-state index contributed by atoms with van der Waals surface area (Å²) in [5.41, 5.74) is 23.7. The molecule has 2 aliphatic carbocycles. The zero-order chi connectivity index (χ0) is 50.7. The van der Waals surface area contributed by atoms with Crippen molar-refractivity contribution in [2.75, 3.05) is 4.90 Å². The van der Waals surface area contributed by atoms with E-state index in [4.69, 9.17) is 9.47 Å². The van der Waals surface area contributed by atoms with Gasteiger partial charge in [-0.15, -0.1) is 0 Å². The predicted molar refractivity (Wildman–Crippen MR) is 312 cm³/mol. The molecule has 0 aromatic heterocycles. The number of ether oxygens (including phenoxy) is 2. The van der Waals surface area contributed by atoms with Gasteiger partial charge in [-0.2, -0.15) is 0 Å². The molecule has 360 valence electrons. The maximum atomic E-state index is 6.71. The van der Waals surface area contributed by atoms with Crippen molar-refractivity contribution in [2.24, 2.45) is 0 Å². The molecule has 0 bridgehead atoms. The Morgan fingerprint density at radius 1 is 0.234 bits per heavy atom. The van der Waals surface area contributed by atoms with E-state index < -0.39 is 10.8 Å². The van der Waals surface area contributed by atoms with E-state index in [1.54, 1.807) is 0 Å². The van der Waals surface area contributed by atoms with Crippen molar-refractivity contribution in [3.05, 3.63) is 330 Å². The quantitative estimate of drug-likeness (QED) is 0.166. The zero-order valence-corrected chi connectivity index (χ0v) is 41.9. The molecule has 0 atom stereocenters.